The van der Waals surface area contributed by atoms with Gasteiger partial charge in [-0.05, 0) is 18.2 Å². The lowest BCUT2D eigenvalue weighted by Crippen LogP contribution is -2.42. The second-order valence-corrected chi connectivity index (χ2v) is 5.46. The van der Waals surface area contributed by atoms with Crippen molar-refractivity contribution in [3.63, 3.8) is 0 Å². The van der Waals surface area contributed by atoms with Crippen molar-refractivity contribution in [2.45, 2.75) is 12.2 Å². The quantitative estimate of drug-likeness (QED) is 0.846. The van der Waals surface area contributed by atoms with Crippen molar-refractivity contribution in [2.24, 2.45) is 0 Å². The number of ether oxygens (including phenoxy) is 1. The third kappa shape index (κ3) is 2.21. The molecule has 2 heterocycles. The fourth-order valence-electron chi connectivity index (χ4n) is 2.21. The van der Waals surface area contributed by atoms with E-state index in [9.17, 15) is 9.18 Å². The van der Waals surface area contributed by atoms with E-state index < -0.39 is 12.2 Å². The summed E-state index contributed by atoms with van der Waals surface area (Å²) in [6.07, 6.45) is -1.11. The van der Waals surface area contributed by atoms with Gasteiger partial charge in [-0.25, -0.2) is 9.37 Å². The number of fused-ring (bicyclic) bond motifs is 1. The molecule has 4 nitrogen and oxygen atoms in total. The molecule has 1 saturated heterocycles. The molecule has 2 atom stereocenters. The maximum absolute atomic E-state index is 13.6. The van der Waals surface area contributed by atoms with Crippen LogP contribution in [0.3, 0.4) is 0 Å². The number of halogens is 1. The van der Waals surface area contributed by atoms with E-state index in [1.54, 1.807) is 24.7 Å². The number of likely N-dealkylation sites (N-methyl/N-ethyl adjacent to an activating group) is 1. The molecule has 6 heteroatoms. The summed E-state index contributed by atoms with van der Waals surface area (Å²) in [5.74, 6) is -0.187. The summed E-state index contributed by atoms with van der Waals surface area (Å²) in [5.41, 5.74) is 3.17. The first-order valence-corrected chi connectivity index (χ1v) is 6.87. The maximum atomic E-state index is 13.6. The molecule has 1 amide bonds. The van der Waals surface area contributed by atoms with Gasteiger partial charge in [0, 0.05) is 12.6 Å². The largest absolute Gasteiger partial charge is 0.376 e. The van der Waals surface area contributed by atoms with Crippen LogP contribution in [0, 0.1) is 0 Å². The Bertz CT molecular complexity index is 615. The smallest absolute Gasteiger partial charge is 0.254 e. The predicted molar refractivity (Wildman–Crippen MR) is 71.2 cm³/mol. The minimum atomic E-state index is -1.11. The zero-order chi connectivity index (χ0) is 13.4. The van der Waals surface area contributed by atoms with Gasteiger partial charge >= 0.3 is 0 Å². The molecule has 0 bridgehead atoms. The van der Waals surface area contributed by atoms with Gasteiger partial charge in [-0.1, -0.05) is 0 Å². The highest BCUT2D eigenvalue weighted by atomic mass is 32.1. The number of hydrogen-bond donors (Lipinski definition) is 0. The number of carbonyl (C=O) groups is 1. The van der Waals surface area contributed by atoms with Crippen LogP contribution in [0.5, 0.6) is 0 Å². The Hall–Kier alpha value is -1.53. The minimum absolute atomic E-state index is 0.0656. The van der Waals surface area contributed by atoms with E-state index in [4.69, 9.17) is 4.74 Å². The number of hydrogen-bond acceptors (Lipinski definition) is 4. The van der Waals surface area contributed by atoms with Gasteiger partial charge in [0.1, 0.15) is 6.17 Å². The summed E-state index contributed by atoms with van der Waals surface area (Å²) in [6.45, 7) is 0.322. The molecule has 100 valence electrons. The van der Waals surface area contributed by atoms with Crippen LogP contribution in [0.15, 0.2) is 23.7 Å². The van der Waals surface area contributed by atoms with Crippen LogP contribution in [0.2, 0.25) is 0 Å². The second kappa shape index (κ2) is 4.86. The highest BCUT2D eigenvalue weighted by Crippen LogP contribution is 2.22. The van der Waals surface area contributed by atoms with Crippen LogP contribution in [0.25, 0.3) is 10.2 Å². The van der Waals surface area contributed by atoms with Crippen LogP contribution >= 0.6 is 11.3 Å². The Morgan fingerprint density at radius 2 is 2.37 bits per heavy atom. The monoisotopic (exact) mass is 280 g/mol. The molecule has 0 spiro atoms. The fraction of sp³-hybridized carbons (Fsp3) is 0.385. The molecule has 1 aliphatic rings. The van der Waals surface area contributed by atoms with Crippen LogP contribution in [-0.2, 0) is 4.74 Å². The normalized spacial score (nSPS) is 22.8. The minimum Gasteiger partial charge on any atom is -0.376 e. The first kappa shape index (κ1) is 12.5. The molecular formula is C13H13FN2O2S. The summed E-state index contributed by atoms with van der Waals surface area (Å²) in [6, 6.07) is 4.84. The topological polar surface area (TPSA) is 42.4 Å². The molecular weight excluding hydrogens is 267 g/mol. The Kier molecular flexibility index (Phi) is 3.20. The van der Waals surface area contributed by atoms with Crippen molar-refractivity contribution in [2.75, 3.05) is 20.3 Å². The number of rotatable bonds is 2. The van der Waals surface area contributed by atoms with Gasteiger partial charge < -0.3 is 9.64 Å². The van der Waals surface area contributed by atoms with E-state index in [-0.39, 0.29) is 19.1 Å². The zero-order valence-corrected chi connectivity index (χ0v) is 11.2. The van der Waals surface area contributed by atoms with Crippen molar-refractivity contribution in [1.29, 1.82) is 0 Å². The molecule has 1 aliphatic heterocycles. The van der Waals surface area contributed by atoms with Crippen molar-refractivity contribution in [3.8, 4) is 0 Å². The number of thiazole rings is 1. The summed E-state index contributed by atoms with van der Waals surface area (Å²) >= 11 is 1.48. The highest BCUT2D eigenvalue weighted by molar-refractivity contribution is 7.16. The Balaban J connectivity index is 1.86. The zero-order valence-electron chi connectivity index (χ0n) is 10.4. The first-order valence-electron chi connectivity index (χ1n) is 5.99. The van der Waals surface area contributed by atoms with Gasteiger partial charge in [0.15, 0.2) is 0 Å². The third-order valence-electron chi connectivity index (χ3n) is 3.38. The Labute approximate surface area is 113 Å². The van der Waals surface area contributed by atoms with E-state index >= 15 is 0 Å². The second-order valence-electron chi connectivity index (χ2n) is 4.57. The lowest BCUT2D eigenvalue weighted by Gasteiger charge is -2.24. The lowest BCUT2D eigenvalue weighted by atomic mass is 10.1. The van der Waals surface area contributed by atoms with Gasteiger partial charge in [0.25, 0.3) is 5.91 Å². The number of alkyl halides is 1. The number of aromatic nitrogens is 1. The number of carbonyl (C=O) groups excluding carboxylic acids is 1. The Morgan fingerprint density at radius 3 is 3.11 bits per heavy atom. The van der Waals surface area contributed by atoms with Gasteiger partial charge in [-0.15, -0.1) is 11.3 Å². The van der Waals surface area contributed by atoms with Crippen molar-refractivity contribution in [1.82, 2.24) is 9.88 Å². The van der Waals surface area contributed by atoms with Crippen LogP contribution in [0.1, 0.15) is 10.4 Å². The molecule has 1 aromatic heterocycles. The SMILES string of the molecule is CN(C(=O)c1ccc2ncsc2c1)C1COCC1F. The van der Waals surface area contributed by atoms with E-state index in [1.165, 1.54) is 16.2 Å². The van der Waals surface area contributed by atoms with Gasteiger partial charge in [-0.3, -0.25) is 4.79 Å². The molecule has 0 radical (unpaired) electrons. The summed E-state index contributed by atoms with van der Waals surface area (Å²) < 4.78 is 19.6. The molecule has 19 heavy (non-hydrogen) atoms. The molecule has 0 N–H and O–H groups in total. The van der Waals surface area contributed by atoms with Crippen LogP contribution < -0.4 is 0 Å². The maximum Gasteiger partial charge on any atom is 0.254 e. The average molecular weight is 280 g/mol. The highest BCUT2D eigenvalue weighted by Gasteiger charge is 2.34. The van der Waals surface area contributed by atoms with Crippen molar-refractivity contribution < 1.29 is 13.9 Å². The van der Waals surface area contributed by atoms with E-state index in [2.05, 4.69) is 4.98 Å². The molecule has 2 unspecified atom stereocenters. The molecule has 0 saturated carbocycles. The predicted octanol–water partition coefficient (Wildman–Crippen LogP) is 2.11. The lowest BCUT2D eigenvalue weighted by molar-refractivity contribution is 0.0672. The fourth-order valence-corrected chi connectivity index (χ4v) is 2.93. The number of benzene rings is 1. The van der Waals surface area contributed by atoms with Gasteiger partial charge in [0.2, 0.25) is 0 Å². The summed E-state index contributed by atoms with van der Waals surface area (Å²) in [5, 5.41) is 0. The molecule has 1 fully saturated rings. The number of nitrogens with zero attached hydrogens (tertiary/aromatic N) is 2. The summed E-state index contributed by atoms with van der Waals surface area (Å²) in [4.78, 5) is 17.9. The van der Waals surface area contributed by atoms with E-state index in [1.807, 2.05) is 6.07 Å². The number of amides is 1. The molecule has 2 aromatic rings. The first-order chi connectivity index (χ1) is 9.16. The average Bonchev–Trinajstić information content (AvgIpc) is 3.04. The molecule has 1 aromatic carbocycles. The molecule has 0 aliphatic carbocycles. The van der Waals surface area contributed by atoms with Crippen LogP contribution in [0.4, 0.5) is 4.39 Å². The van der Waals surface area contributed by atoms with Gasteiger partial charge in [0.05, 0.1) is 35.0 Å². The van der Waals surface area contributed by atoms with Crippen molar-refractivity contribution in [3.05, 3.63) is 29.3 Å². The Morgan fingerprint density at radius 1 is 1.53 bits per heavy atom. The molecule has 3 rings (SSSR count). The van der Waals surface area contributed by atoms with E-state index in [0.29, 0.717) is 5.56 Å². The van der Waals surface area contributed by atoms with Crippen molar-refractivity contribution >= 4 is 27.5 Å². The van der Waals surface area contributed by atoms with Crippen LogP contribution in [-0.4, -0.2) is 48.3 Å². The summed E-state index contributed by atoms with van der Waals surface area (Å²) in [7, 11) is 1.62. The third-order valence-corrected chi connectivity index (χ3v) is 4.17. The standard InChI is InChI=1S/C13H13FN2O2S/c1-16(11-6-18-5-9(11)14)13(17)8-2-3-10-12(4-8)19-7-15-10/h2-4,7,9,11H,5-6H2,1H3. The van der Waals surface area contributed by atoms with Gasteiger partial charge in [-0.2, -0.15) is 0 Å². The van der Waals surface area contributed by atoms with E-state index in [0.717, 1.165) is 10.2 Å².